The average Bonchev–Trinajstić information content (AvgIpc) is 2.46. The molecule has 2 rings (SSSR count). The maximum atomic E-state index is 11.9. The topological polar surface area (TPSA) is 61.8 Å². The number of benzene rings is 1. The van der Waals surface area contributed by atoms with Gasteiger partial charge in [0.05, 0.1) is 13.2 Å². The normalized spacial score (nSPS) is 15.5. The number of nitrogens with one attached hydrogen (secondary N) is 1. The third kappa shape index (κ3) is 4.54. The Morgan fingerprint density at radius 2 is 1.95 bits per heavy atom. The standard InChI is InChI=1S/C14H20N2O3/c17-13-3-1-12(2-4-13)11-15-6-5-14(18)16-7-9-19-10-8-16/h1-4,15,17H,5-11H2. The Morgan fingerprint density at radius 3 is 2.63 bits per heavy atom. The number of morpholine rings is 1. The van der Waals surface area contributed by atoms with Crippen molar-refractivity contribution < 1.29 is 14.6 Å². The van der Waals surface area contributed by atoms with Gasteiger partial charge in [-0.05, 0) is 17.7 Å². The van der Waals surface area contributed by atoms with Crippen LogP contribution in [0.2, 0.25) is 0 Å². The highest BCUT2D eigenvalue weighted by Crippen LogP contribution is 2.09. The molecule has 2 N–H and O–H groups in total. The van der Waals surface area contributed by atoms with E-state index >= 15 is 0 Å². The van der Waals surface area contributed by atoms with Crippen LogP contribution in [0, 0.1) is 0 Å². The summed E-state index contributed by atoms with van der Waals surface area (Å²) in [7, 11) is 0. The Kier molecular flexibility index (Phi) is 5.18. The van der Waals surface area contributed by atoms with Crippen molar-refractivity contribution in [3.8, 4) is 5.75 Å². The highest BCUT2D eigenvalue weighted by Gasteiger charge is 2.15. The maximum absolute atomic E-state index is 11.9. The van der Waals surface area contributed by atoms with Gasteiger partial charge in [0.2, 0.25) is 5.91 Å². The lowest BCUT2D eigenvalue weighted by Crippen LogP contribution is -2.41. The van der Waals surface area contributed by atoms with Crippen LogP contribution in [0.5, 0.6) is 5.75 Å². The number of aromatic hydroxyl groups is 1. The minimum absolute atomic E-state index is 0.182. The molecule has 1 aliphatic rings. The van der Waals surface area contributed by atoms with Gasteiger partial charge >= 0.3 is 0 Å². The van der Waals surface area contributed by atoms with Gasteiger partial charge in [0.15, 0.2) is 0 Å². The number of carbonyl (C=O) groups is 1. The number of phenolic OH excluding ortho intramolecular Hbond substituents is 1. The zero-order valence-corrected chi connectivity index (χ0v) is 11.0. The van der Waals surface area contributed by atoms with E-state index in [1.54, 1.807) is 12.1 Å². The molecular weight excluding hydrogens is 244 g/mol. The number of nitrogens with zero attached hydrogens (tertiary/aromatic N) is 1. The number of phenols is 1. The summed E-state index contributed by atoms with van der Waals surface area (Å²) in [5.41, 5.74) is 1.09. The molecule has 0 saturated carbocycles. The quantitative estimate of drug-likeness (QED) is 0.770. The van der Waals surface area contributed by atoms with E-state index in [4.69, 9.17) is 9.84 Å². The van der Waals surface area contributed by atoms with Crippen molar-refractivity contribution in [2.45, 2.75) is 13.0 Å². The van der Waals surface area contributed by atoms with E-state index < -0.39 is 0 Å². The van der Waals surface area contributed by atoms with Crippen molar-refractivity contribution in [3.63, 3.8) is 0 Å². The van der Waals surface area contributed by atoms with Gasteiger partial charge in [-0.25, -0.2) is 0 Å². The molecule has 1 heterocycles. The van der Waals surface area contributed by atoms with E-state index in [9.17, 15) is 4.79 Å². The van der Waals surface area contributed by atoms with Gasteiger partial charge in [0.25, 0.3) is 0 Å². The molecule has 0 bridgehead atoms. The summed E-state index contributed by atoms with van der Waals surface area (Å²) in [6.45, 7) is 4.07. The Bertz CT molecular complexity index is 400. The minimum atomic E-state index is 0.182. The van der Waals surface area contributed by atoms with Crippen LogP contribution < -0.4 is 5.32 Å². The van der Waals surface area contributed by atoms with Crippen molar-refractivity contribution in [3.05, 3.63) is 29.8 Å². The monoisotopic (exact) mass is 264 g/mol. The summed E-state index contributed by atoms with van der Waals surface area (Å²) in [4.78, 5) is 13.7. The van der Waals surface area contributed by atoms with Gasteiger partial charge in [-0.15, -0.1) is 0 Å². The first-order chi connectivity index (χ1) is 9.25. The molecular formula is C14H20N2O3. The van der Waals surface area contributed by atoms with E-state index in [0.29, 0.717) is 45.8 Å². The molecule has 19 heavy (non-hydrogen) atoms. The minimum Gasteiger partial charge on any atom is -0.508 e. The molecule has 0 radical (unpaired) electrons. The van der Waals surface area contributed by atoms with E-state index in [-0.39, 0.29) is 11.7 Å². The lowest BCUT2D eigenvalue weighted by atomic mass is 10.2. The van der Waals surface area contributed by atoms with Crippen molar-refractivity contribution in [2.24, 2.45) is 0 Å². The number of carbonyl (C=O) groups excluding carboxylic acids is 1. The lowest BCUT2D eigenvalue weighted by molar-refractivity contribution is -0.135. The molecule has 1 saturated heterocycles. The molecule has 5 heteroatoms. The number of hydrogen-bond acceptors (Lipinski definition) is 4. The summed E-state index contributed by atoms with van der Waals surface area (Å²) in [6, 6.07) is 7.06. The van der Waals surface area contributed by atoms with Gasteiger partial charge < -0.3 is 20.1 Å². The third-order valence-corrected chi connectivity index (χ3v) is 3.14. The van der Waals surface area contributed by atoms with Crippen LogP contribution in [0.1, 0.15) is 12.0 Å². The summed E-state index contributed by atoms with van der Waals surface area (Å²) in [5, 5.41) is 12.4. The molecule has 0 aromatic heterocycles. The molecule has 0 atom stereocenters. The van der Waals surface area contributed by atoms with Crippen LogP contribution in [0.15, 0.2) is 24.3 Å². The predicted octanol–water partition coefficient (Wildman–Crippen LogP) is 0.731. The van der Waals surface area contributed by atoms with Crippen LogP contribution in [0.4, 0.5) is 0 Å². The highest BCUT2D eigenvalue weighted by molar-refractivity contribution is 5.76. The van der Waals surface area contributed by atoms with E-state index in [2.05, 4.69) is 5.32 Å². The molecule has 1 fully saturated rings. The fourth-order valence-electron chi connectivity index (χ4n) is 2.01. The first-order valence-electron chi connectivity index (χ1n) is 6.60. The number of hydrogen-bond donors (Lipinski definition) is 2. The summed E-state index contributed by atoms with van der Waals surface area (Å²) < 4.78 is 5.21. The Labute approximate surface area is 113 Å². The van der Waals surface area contributed by atoms with Crippen LogP contribution >= 0.6 is 0 Å². The zero-order valence-electron chi connectivity index (χ0n) is 11.0. The van der Waals surface area contributed by atoms with Gasteiger partial charge in [0.1, 0.15) is 5.75 Å². The molecule has 0 unspecified atom stereocenters. The highest BCUT2D eigenvalue weighted by atomic mass is 16.5. The predicted molar refractivity (Wildman–Crippen MR) is 71.8 cm³/mol. The van der Waals surface area contributed by atoms with Crippen LogP contribution in [0.3, 0.4) is 0 Å². The molecule has 1 aliphatic heterocycles. The molecule has 0 spiro atoms. The van der Waals surface area contributed by atoms with Crippen molar-refractivity contribution in [1.29, 1.82) is 0 Å². The van der Waals surface area contributed by atoms with Crippen LogP contribution in [-0.4, -0.2) is 48.8 Å². The summed E-state index contributed by atoms with van der Waals surface area (Å²) in [6.07, 6.45) is 0.512. The van der Waals surface area contributed by atoms with Crippen molar-refractivity contribution >= 4 is 5.91 Å². The van der Waals surface area contributed by atoms with Gasteiger partial charge in [-0.3, -0.25) is 4.79 Å². The molecule has 0 aliphatic carbocycles. The van der Waals surface area contributed by atoms with E-state index in [1.807, 2.05) is 17.0 Å². The second kappa shape index (κ2) is 7.11. The SMILES string of the molecule is O=C(CCNCc1ccc(O)cc1)N1CCOCC1. The summed E-state index contributed by atoms with van der Waals surface area (Å²) in [5.74, 6) is 0.452. The average molecular weight is 264 g/mol. The lowest BCUT2D eigenvalue weighted by Gasteiger charge is -2.26. The first-order valence-corrected chi connectivity index (χ1v) is 6.60. The van der Waals surface area contributed by atoms with E-state index in [0.717, 1.165) is 5.56 Å². The fraction of sp³-hybridized carbons (Fsp3) is 0.500. The number of amides is 1. The fourth-order valence-corrected chi connectivity index (χ4v) is 2.01. The molecule has 1 aromatic carbocycles. The van der Waals surface area contributed by atoms with Crippen LogP contribution in [0.25, 0.3) is 0 Å². The number of ether oxygens (including phenoxy) is 1. The molecule has 1 aromatic rings. The van der Waals surface area contributed by atoms with E-state index in [1.165, 1.54) is 0 Å². The molecule has 104 valence electrons. The number of rotatable bonds is 5. The Hall–Kier alpha value is -1.59. The summed E-state index contributed by atoms with van der Waals surface area (Å²) >= 11 is 0. The van der Waals surface area contributed by atoms with Gasteiger partial charge in [-0.1, -0.05) is 12.1 Å². The zero-order chi connectivity index (χ0) is 13.5. The molecule has 5 nitrogen and oxygen atoms in total. The van der Waals surface area contributed by atoms with Gasteiger partial charge in [0, 0.05) is 32.6 Å². The van der Waals surface area contributed by atoms with Crippen LogP contribution in [-0.2, 0) is 16.1 Å². The Morgan fingerprint density at radius 1 is 1.26 bits per heavy atom. The van der Waals surface area contributed by atoms with Crippen molar-refractivity contribution in [1.82, 2.24) is 10.2 Å². The van der Waals surface area contributed by atoms with Crippen molar-refractivity contribution in [2.75, 3.05) is 32.8 Å². The maximum Gasteiger partial charge on any atom is 0.224 e. The first kappa shape index (κ1) is 13.8. The second-order valence-electron chi connectivity index (χ2n) is 4.59. The molecule has 1 amide bonds. The van der Waals surface area contributed by atoms with Gasteiger partial charge in [-0.2, -0.15) is 0 Å². The Balaban J connectivity index is 1.63. The third-order valence-electron chi connectivity index (χ3n) is 3.14. The largest absolute Gasteiger partial charge is 0.508 e. The second-order valence-corrected chi connectivity index (χ2v) is 4.59. The smallest absolute Gasteiger partial charge is 0.224 e.